The molecule has 1 fully saturated rings. The fraction of sp³-hybridized carbons (Fsp3) is 0.391. The van der Waals surface area contributed by atoms with Gasteiger partial charge in [-0.1, -0.05) is 37.3 Å². The fourth-order valence-electron chi connectivity index (χ4n) is 3.48. The van der Waals surface area contributed by atoms with E-state index in [9.17, 15) is 9.59 Å². The first-order chi connectivity index (χ1) is 13.6. The molecule has 4 nitrogen and oxygen atoms in total. The highest BCUT2D eigenvalue weighted by Gasteiger charge is 2.36. The van der Waals surface area contributed by atoms with E-state index >= 15 is 0 Å². The number of carbonyl (C=O) groups is 2. The van der Waals surface area contributed by atoms with E-state index in [1.165, 1.54) is 7.14 Å². The Labute approximate surface area is 176 Å². The van der Waals surface area contributed by atoms with Gasteiger partial charge in [-0.25, -0.2) is 4.79 Å². The van der Waals surface area contributed by atoms with Crippen LogP contribution in [0.15, 0.2) is 54.6 Å². The lowest BCUT2D eigenvalue weighted by Gasteiger charge is -2.27. The van der Waals surface area contributed by atoms with Crippen molar-refractivity contribution in [1.29, 1.82) is 0 Å². The molecular weight excluding hydrogens is 467 g/mol. The van der Waals surface area contributed by atoms with Crippen LogP contribution in [-0.4, -0.2) is 24.1 Å². The van der Waals surface area contributed by atoms with Crippen molar-refractivity contribution in [1.82, 2.24) is 0 Å². The zero-order chi connectivity index (χ0) is 19.8. The molecule has 0 aromatic heterocycles. The molecule has 0 heterocycles. The van der Waals surface area contributed by atoms with Crippen molar-refractivity contribution in [3.05, 3.63) is 67.3 Å². The number of ether oxygens (including phenoxy) is 2. The maximum absolute atomic E-state index is 12.2. The largest absolute Gasteiger partial charge is 0.457 e. The number of carbonyl (C=O) groups excluding carboxylic acids is 2. The summed E-state index contributed by atoms with van der Waals surface area (Å²) in [6.45, 7) is 1.73. The van der Waals surface area contributed by atoms with Gasteiger partial charge in [0.15, 0.2) is 13.7 Å². The Morgan fingerprint density at radius 2 is 1.68 bits per heavy atom. The Kier molecular flexibility index (Phi) is 7.48. The van der Waals surface area contributed by atoms with E-state index in [0.29, 0.717) is 0 Å². The van der Waals surface area contributed by atoms with Gasteiger partial charge in [-0.15, -0.1) is 0 Å². The minimum absolute atomic E-state index is 0.165. The van der Waals surface area contributed by atoms with Crippen molar-refractivity contribution in [2.24, 2.45) is 0 Å². The lowest BCUT2D eigenvalue weighted by Crippen LogP contribution is -3.61. The Morgan fingerprint density at radius 3 is 2.39 bits per heavy atom. The van der Waals surface area contributed by atoms with Gasteiger partial charge in [0.25, 0.3) is 0 Å². The normalized spacial score (nSPS) is 15.2. The van der Waals surface area contributed by atoms with E-state index in [-0.39, 0.29) is 39.8 Å². The van der Waals surface area contributed by atoms with E-state index < -0.39 is 11.9 Å². The molecule has 0 aliphatic heterocycles. The second-order valence-corrected chi connectivity index (χ2v) is 10.1. The quantitative estimate of drug-likeness (QED) is 0.410. The summed E-state index contributed by atoms with van der Waals surface area (Å²) in [6, 6.07) is 18.4. The third-order valence-corrected chi connectivity index (χ3v) is 7.67. The van der Waals surface area contributed by atoms with Crippen LogP contribution in [0.5, 0.6) is 0 Å². The average molecular weight is 493 g/mol. The molecule has 0 spiro atoms. The number of hydrogen-bond acceptors (Lipinski definition) is 4. The molecule has 0 radical (unpaired) electrons. The zero-order valence-electron chi connectivity index (χ0n) is 16.2. The van der Waals surface area contributed by atoms with Gasteiger partial charge in [0, 0.05) is 0 Å². The van der Waals surface area contributed by atoms with E-state index in [1.54, 1.807) is 0 Å². The van der Waals surface area contributed by atoms with Gasteiger partial charge in [0.1, 0.15) is 5.60 Å². The molecule has 2 aromatic rings. The molecule has 1 aliphatic rings. The third-order valence-electron chi connectivity index (χ3n) is 5.03. The number of rotatable bonds is 8. The summed E-state index contributed by atoms with van der Waals surface area (Å²) in [7, 11) is 0. The summed E-state index contributed by atoms with van der Waals surface area (Å²) in [4.78, 5) is 24.2. The van der Waals surface area contributed by atoms with Crippen LogP contribution in [0.4, 0.5) is 0 Å². The zero-order valence-corrected chi connectivity index (χ0v) is 18.3. The lowest BCUT2D eigenvalue weighted by molar-refractivity contribution is -0.597. The summed E-state index contributed by atoms with van der Waals surface area (Å²) in [5, 5.41) is 0. The predicted octanol–water partition coefficient (Wildman–Crippen LogP) is 1.17. The van der Waals surface area contributed by atoms with Crippen molar-refractivity contribution in [2.45, 2.75) is 51.0 Å². The number of hydrogen-bond donors (Lipinski definition) is 0. The van der Waals surface area contributed by atoms with Crippen LogP contribution in [0.25, 0.3) is 0 Å². The van der Waals surface area contributed by atoms with Crippen LogP contribution in [0.3, 0.4) is 0 Å². The SMILES string of the molecule is CCC1(OC(=O)COC(=O)Cc2cccc([I+]c3ccccc3)c2)CCCC1. The van der Waals surface area contributed by atoms with Crippen LogP contribution in [0, 0.1) is 7.14 Å². The predicted molar refractivity (Wildman–Crippen MR) is 103 cm³/mol. The highest BCUT2D eigenvalue weighted by atomic mass is 127. The fourth-order valence-corrected chi connectivity index (χ4v) is 5.92. The number of halogens is 1. The van der Waals surface area contributed by atoms with E-state index in [4.69, 9.17) is 9.47 Å². The van der Waals surface area contributed by atoms with Crippen LogP contribution in [-0.2, 0) is 25.5 Å². The van der Waals surface area contributed by atoms with Crippen LogP contribution >= 0.6 is 0 Å². The summed E-state index contributed by atoms with van der Waals surface area (Å²) < 4.78 is 13.4. The minimum Gasteiger partial charge on any atom is -0.457 e. The molecular formula is C23H26IO4+. The molecule has 1 aliphatic carbocycles. The monoisotopic (exact) mass is 493 g/mol. The first kappa shape index (κ1) is 20.8. The van der Waals surface area contributed by atoms with Gasteiger partial charge in [0.05, 0.1) is 6.42 Å². The van der Waals surface area contributed by atoms with Gasteiger partial charge >= 0.3 is 33.1 Å². The first-order valence-electron chi connectivity index (χ1n) is 9.75. The summed E-state index contributed by atoms with van der Waals surface area (Å²) in [5.74, 6) is -0.843. The van der Waals surface area contributed by atoms with Crippen molar-refractivity contribution in [3.63, 3.8) is 0 Å². The Morgan fingerprint density at radius 1 is 0.964 bits per heavy atom. The second kappa shape index (κ2) is 10.0. The van der Waals surface area contributed by atoms with Crippen molar-refractivity contribution >= 4 is 11.9 Å². The Balaban J connectivity index is 1.48. The molecule has 0 amide bonds. The van der Waals surface area contributed by atoms with Crippen molar-refractivity contribution < 1.29 is 40.3 Å². The molecule has 0 unspecified atom stereocenters. The Hall–Kier alpha value is -1.89. The van der Waals surface area contributed by atoms with Gasteiger partial charge in [-0.05, 0) is 61.9 Å². The van der Waals surface area contributed by atoms with Gasteiger partial charge in [-0.3, -0.25) is 4.79 Å². The molecule has 1 saturated carbocycles. The molecule has 28 heavy (non-hydrogen) atoms. The average Bonchev–Trinajstić information content (AvgIpc) is 3.16. The van der Waals surface area contributed by atoms with Crippen molar-refractivity contribution in [3.8, 4) is 0 Å². The minimum atomic E-state index is -0.444. The Bertz CT molecular complexity index is 797. The molecule has 0 atom stereocenters. The highest BCUT2D eigenvalue weighted by Crippen LogP contribution is 2.35. The summed E-state index contributed by atoms with van der Waals surface area (Å²) in [5.41, 5.74) is 0.561. The summed E-state index contributed by atoms with van der Waals surface area (Å²) in [6.07, 6.45) is 4.95. The maximum atomic E-state index is 12.2. The molecule has 3 rings (SSSR count). The summed E-state index contributed by atoms with van der Waals surface area (Å²) >= 11 is -0.276. The van der Waals surface area contributed by atoms with Crippen LogP contribution < -0.4 is 21.2 Å². The molecule has 0 bridgehead atoms. The molecule has 0 N–H and O–H groups in total. The van der Waals surface area contributed by atoms with Crippen molar-refractivity contribution in [2.75, 3.05) is 6.61 Å². The molecule has 0 saturated heterocycles. The number of esters is 2. The van der Waals surface area contributed by atoms with E-state index in [2.05, 4.69) is 24.3 Å². The van der Waals surface area contributed by atoms with E-state index in [1.807, 2.05) is 37.3 Å². The number of benzene rings is 2. The molecule has 5 heteroatoms. The smallest absolute Gasteiger partial charge is 0.357 e. The third kappa shape index (κ3) is 6.06. The maximum Gasteiger partial charge on any atom is 0.357 e. The topological polar surface area (TPSA) is 52.6 Å². The highest BCUT2D eigenvalue weighted by molar-refractivity contribution is 5.78. The molecule has 148 valence electrons. The molecule has 2 aromatic carbocycles. The van der Waals surface area contributed by atoms with Gasteiger partial charge < -0.3 is 9.47 Å². The standard InChI is InChI=1S/C23H26IO4/c1-2-23(13-6-7-14-23)28-22(26)17-27-21(25)16-18-9-8-12-20(15-18)24-19-10-4-3-5-11-19/h3-5,8-12,15H,2,6-7,13-14,16-17H2,1H3/q+1. The second-order valence-electron chi connectivity index (χ2n) is 7.08. The lowest BCUT2D eigenvalue weighted by atomic mass is 9.99. The van der Waals surface area contributed by atoms with Crippen LogP contribution in [0.1, 0.15) is 44.6 Å². The van der Waals surface area contributed by atoms with Gasteiger partial charge in [0.2, 0.25) is 0 Å². The van der Waals surface area contributed by atoms with Crippen LogP contribution in [0.2, 0.25) is 0 Å². The van der Waals surface area contributed by atoms with E-state index in [0.717, 1.165) is 37.7 Å². The first-order valence-corrected chi connectivity index (χ1v) is 11.9. The van der Waals surface area contributed by atoms with Gasteiger partial charge in [-0.2, -0.15) is 0 Å².